The Morgan fingerprint density at radius 3 is 1.24 bits per heavy atom. The average Bonchev–Trinajstić information content (AvgIpc) is 3.23. The van der Waals surface area contributed by atoms with Crippen molar-refractivity contribution < 1.29 is 42.1 Å². The molecule has 366 valence electrons. The van der Waals surface area contributed by atoms with Gasteiger partial charge in [-0.3, -0.25) is 14.2 Å². The zero-order valence-electron chi connectivity index (χ0n) is 41.3. The molecular formula is C52H100NO8P. The fraction of sp³-hybridized carbons (Fsp3) is 0.885. The van der Waals surface area contributed by atoms with Gasteiger partial charge in [-0.25, -0.2) is 0 Å². The number of ether oxygens (including phenoxy) is 2. The van der Waals surface area contributed by atoms with Crippen LogP contribution in [0.25, 0.3) is 0 Å². The van der Waals surface area contributed by atoms with E-state index in [1.165, 1.54) is 173 Å². The lowest BCUT2D eigenvalue weighted by molar-refractivity contribution is -0.870. The number of hydrogen-bond acceptors (Lipinski definition) is 8. The van der Waals surface area contributed by atoms with Crippen molar-refractivity contribution in [1.29, 1.82) is 0 Å². The SMILES string of the molecule is CCCCCCCCCCC/C=C/CCCCC(=O)OC[C@H](COP(=O)([O-])OCC[N+](C)(C)C)OC(=O)CCC/C=C/CCCCCCCCCCCCCCCCCCCC. The zero-order valence-corrected chi connectivity index (χ0v) is 42.2. The van der Waals surface area contributed by atoms with Crippen molar-refractivity contribution in [2.45, 2.75) is 251 Å². The molecule has 0 N–H and O–H groups in total. The maximum absolute atomic E-state index is 12.7. The topological polar surface area (TPSA) is 111 Å². The molecule has 0 bridgehead atoms. The van der Waals surface area contributed by atoms with Crippen LogP contribution in [-0.4, -0.2) is 70.0 Å². The van der Waals surface area contributed by atoms with E-state index in [1.54, 1.807) is 0 Å². The standard InChI is InChI=1S/C52H100NO8P/c1-6-8-10-12-14-16-18-20-22-23-24-25-26-27-28-29-31-33-35-37-39-41-43-45-52(55)61-50(49-60-62(56,57)59-47-46-53(3,4)5)48-58-51(54)44-42-40-38-36-34-32-30-21-19-17-15-13-11-9-7-2/h34,36-37,39,50H,6-33,35,38,40-49H2,1-5H3/b36-34+,39-37+/t50-/m1/s1. The minimum Gasteiger partial charge on any atom is -0.756 e. The Hall–Kier alpha value is -1.51. The summed E-state index contributed by atoms with van der Waals surface area (Å²) >= 11 is 0. The van der Waals surface area contributed by atoms with E-state index in [4.69, 9.17) is 18.5 Å². The first-order valence-corrected chi connectivity index (χ1v) is 27.5. The number of phosphoric ester groups is 1. The molecule has 0 rings (SSSR count). The number of carbonyl (C=O) groups is 2. The number of nitrogens with zero attached hydrogens (tertiary/aromatic N) is 1. The van der Waals surface area contributed by atoms with Gasteiger partial charge in [0, 0.05) is 12.8 Å². The largest absolute Gasteiger partial charge is 0.756 e. The third kappa shape index (κ3) is 48.0. The van der Waals surface area contributed by atoms with Crippen LogP contribution in [0.4, 0.5) is 0 Å². The molecule has 10 heteroatoms. The number of carbonyl (C=O) groups excluding carboxylic acids is 2. The van der Waals surface area contributed by atoms with E-state index in [0.717, 1.165) is 32.1 Å². The first-order valence-electron chi connectivity index (χ1n) is 26.0. The van der Waals surface area contributed by atoms with Crippen LogP contribution in [0.3, 0.4) is 0 Å². The van der Waals surface area contributed by atoms with Crippen molar-refractivity contribution in [2.75, 3.05) is 47.5 Å². The van der Waals surface area contributed by atoms with Crippen LogP contribution in [0.1, 0.15) is 245 Å². The van der Waals surface area contributed by atoms with Gasteiger partial charge in [-0.2, -0.15) is 0 Å². The number of likely N-dealkylation sites (N-methyl/N-ethyl adjacent to an activating group) is 1. The van der Waals surface area contributed by atoms with Gasteiger partial charge >= 0.3 is 11.9 Å². The maximum atomic E-state index is 12.7. The third-order valence-corrected chi connectivity index (χ3v) is 12.4. The lowest BCUT2D eigenvalue weighted by Crippen LogP contribution is -2.37. The lowest BCUT2D eigenvalue weighted by atomic mass is 10.0. The third-order valence-electron chi connectivity index (χ3n) is 11.4. The summed E-state index contributed by atoms with van der Waals surface area (Å²) in [6, 6.07) is 0. The molecule has 0 aromatic carbocycles. The summed E-state index contributed by atoms with van der Waals surface area (Å²) in [7, 11) is 1.15. The molecule has 0 aromatic heterocycles. The van der Waals surface area contributed by atoms with Crippen LogP contribution in [0.5, 0.6) is 0 Å². The van der Waals surface area contributed by atoms with Gasteiger partial charge in [-0.05, 0) is 57.8 Å². The molecule has 0 aliphatic rings. The van der Waals surface area contributed by atoms with Gasteiger partial charge in [0.1, 0.15) is 19.8 Å². The molecule has 62 heavy (non-hydrogen) atoms. The Morgan fingerprint density at radius 1 is 0.484 bits per heavy atom. The quantitative estimate of drug-likeness (QED) is 0.0195. The number of unbranched alkanes of at least 4 members (excludes halogenated alkanes) is 30. The summed E-state index contributed by atoms with van der Waals surface area (Å²) in [5, 5.41) is 0. The first kappa shape index (κ1) is 60.5. The van der Waals surface area contributed by atoms with E-state index in [-0.39, 0.29) is 26.1 Å². The fourth-order valence-corrected chi connectivity index (χ4v) is 8.09. The predicted octanol–water partition coefficient (Wildman–Crippen LogP) is 14.8. The van der Waals surface area contributed by atoms with E-state index in [9.17, 15) is 19.0 Å². The first-order chi connectivity index (χ1) is 30.0. The predicted molar refractivity (Wildman–Crippen MR) is 259 cm³/mol. The Bertz CT molecular complexity index is 1110. The summed E-state index contributed by atoms with van der Waals surface area (Å²) in [5.41, 5.74) is 0. The van der Waals surface area contributed by atoms with E-state index in [0.29, 0.717) is 23.9 Å². The summed E-state index contributed by atoms with van der Waals surface area (Å²) in [5.74, 6) is -0.887. The van der Waals surface area contributed by atoms with E-state index in [2.05, 4.69) is 38.2 Å². The second-order valence-electron chi connectivity index (χ2n) is 18.9. The number of hydrogen-bond donors (Lipinski definition) is 0. The molecule has 2 atom stereocenters. The molecule has 0 aliphatic carbocycles. The van der Waals surface area contributed by atoms with Gasteiger partial charge in [0.05, 0.1) is 27.7 Å². The highest BCUT2D eigenvalue weighted by molar-refractivity contribution is 7.45. The summed E-state index contributed by atoms with van der Waals surface area (Å²) in [6.45, 7) is 4.21. The molecule has 0 heterocycles. The van der Waals surface area contributed by atoms with E-state index >= 15 is 0 Å². The minimum absolute atomic E-state index is 0.0365. The van der Waals surface area contributed by atoms with Gasteiger partial charge in [-0.15, -0.1) is 0 Å². The van der Waals surface area contributed by atoms with Crippen LogP contribution in [-0.2, 0) is 32.7 Å². The fourth-order valence-electron chi connectivity index (χ4n) is 7.36. The molecule has 0 saturated heterocycles. The van der Waals surface area contributed by atoms with Gasteiger partial charge < -0.3 is 27.9 Å². The van der Waals surface area contributed by atoms with Crippen molar-refractivity contribution in [1.82, 2.24) is 0 Å². The average molecular weight is 898 g/mol. The van der Waals surface area contributed by atoms with E-state index in [1.807, 2.05) is 21.1 Å². The zero-order chi connectivity index (χ0) is 45.7. The van der Waals surface area contributed by atoms with Crippen molar-refractivity contribution in [2.24, 2.45) is 0 Å². The highest BCUT2D eigenvalue weighted by atomic mass is 31.2. The number of allylic oxidation sites excluding steroid dienone is 4. The molecule has 0 fully saturated rings. The van der Waals surface area contributed by atoms with Crippen molar-refractivity contribution in [3.63, 3.8) is 0 Å². The van der Waals surface area contributed by atoms with Crippen LogP contribution in [0, 0.1) is 0 Å². The normalized spacial score (nSPS) is 13.6. The van der Waals surface area contributed by atoms with Crippen molar-refractivity contribution >= 4 is 19.8 Å². The second kappa shape index (κ2) is 44.7. The van der Waals surface area contributed by atoms with Crippen LogP contribution in [0.2, 0.25) is 0 Å². The molecule has 0 aliphatic heterocycles. The molecule has 0 aromatic rings. The molecule has 0 spiro atoms. The Labute approximate surface area is 383 Å². The Morgan fingerprint density at radius 2 is 0.839 bits per heavy atom. The highest BCUT2D eigenvalue weighted by Crippen LogP contribution is 2.38. The molecule has 0 saturated carbocycles. The van der Waals surface area contributed by atoms with Gasteiger partial charge in [0.2, 0.25) is 0 Å². The van der Waals surface area contributed by atoms with Crippen LogP contribution in [0.15, 0.2) is 24.3 Å². The van der Waals surface area contributed by atoms with Crippen molar-refractivity contribution in [3.05, 3.63) is 24.3 Å². The lowest BCUT2D eigenvalue weighted by Gasteiger charge is -2.28. The number of esters is 2. The molecular weight excluding hydrogens is 798 g/mol. The molecule has 0 radical (unpaired) electrons. The second-order valence-corrected chi connectivity index (χ2v) is 20.3. The van der Waals surface area contributed by atoms with Gasteiger partial charge in [-0.1, -0.05) is 199 Å². The van der Waals surface area contributed by atoms with Crippen LogP contribution >= 0.6 is 7.82 Å². The number of phosphoric acid groups is 1. The van der Waals surface area contributed by atoms with Gasteiger partial charge in [0.25, 0.3) is 7.82 Å². The molecule has 9 nitrogen and oxygen atoms in total. The Kier molecular flexibility index (Phi) is 43.6. The minimum atomic E-state index is -4.64. The monoisotopic (exact) mass is 898 g/mol. The summed E-state index contributed by atoms with van der Waals surface area (Å²) in [6.07, 6.45) is 50.9. The Balaban J connectivity index is 4.25. The number of quaternary nitrogens is 1. The van der Waals surface area contributed by atoms with Crippen LogP contribution < -0.4 is 4.89 Å². The van der Waals surface area contributed by atoms with Gasteiger partial charge in [0.15, 0.2) is 6.10 Å². The molecule has 0 amide bonds. The highest BCUT2D eigenvalue weighted by Gasteiger charge is 2.21. The summed E-state index contributed by atoms with van der Waals surface area (Å²) < 4.78 is 34.0. The maximum Gasteiger partial charge on any atom is 0.306 e. The van der Waals surface area contributed by atoms with Crippen molar-refractivity contribution in [3.8, 4) is 0 Å². The summed E-state index contributed by atoms with van der Waals surface area (Å²) in [4.78, 5) is 37.6. The number of rotatable bonds is 48. The smallest absolute Gasteiger partial charge is 0.306 e. The van der Waals surface area contributed by atoms with E-state index < -0.39 is 32.5 Å². The molecule has 1 unspecified atom stereocenters.